The lowest BCUT2D eigenvalue weighted by Gasteiger charge is -2.27. The number of fused-ring (bicyclic) bond motifs is 2. The number of rotatable bonds is 3. The second-order valence-electron chi connectivity index (χ2n) is 9.23. The quantitative estimate of drug-likeness (QED) is 0.558. The van der Waals surface area contributed by atoms with Gasteiger partial charge in [-0.25, -0.2) is 4.98 Å². The number of nitrogens with zero attached hydrogens (tertiary/aromatic N) is 5. The van der Waals surface area contributed by atoms with Crippen molar-refractivity contribution in [2.75, 3.05) is 38.1 Å². The first-order valence-corrected chi connectivity index (χ1v) is 12.9. The Balaban J connectivity index is 1.57. The van der Waals surface area contributed by atoms with Gasteiger partial charge in [0.05, 0.1) is 11.7 Å². The molecular weight excluding hydrogens is 462 g/mol. The number of carbonyl (C=O) groups excluding carboxylic acids is 2. The number of aromatic nitrogens is 2. The third-order valence-corrected chi connectivity index (χ3v) is 7.89. The predicted octanol–water partition coefficient (Wildman–Crippen LogP) is 3.18. The molecule has 0 fully saturated rings. The number of likely N-dealkylation sites (N-methyl/N-ethyl adjacent to an activating group) is 1. The Labute approximate surface area is 209 Å². The van der Waals surface area contributed by atoms with E-state index < -0.39 is 0 Å². The Morgan fingerprint density at radius 1 is 1.09 bits per heavy atom. The fourth-order valence-corrected chi connectivity index (χ4v) is 5.55. The number of benzene rings is 1. The molecule has 0 bridgehead atoms. The van der Waals surface area contributed by atoms with Crippen LogP contribution in [-0.2, 0) is 22.7 Å². The van der Waals surface area contributed by atoms with Crippen molar-refractivity contribution in [2.24, 2.45) is 0 Å². The highest BCUT2D eigenvalue weighted by atomic mass is 32.1. The van der Waals surface area contributed by atoms with Gasteiger partial charge in [0.25, 0.3) is 5.56 Å². The van der Waals surface area contributed by atoms with Crippen LogP contribution in [-0.4, -0.2) is 64.4 Å². The predicted molar refractivity (Wildman–Crippen MR) is 140 cm³/mol. The van der Waals surface area contributed by atoms with Crippen LogP contribution in [0, 0.1) is 13.8 Å². The summed E-state index contributed by atoms with van der Waals surface area (Å²) in [4.78, 5) is 51.0. The number of carbonyl (C=O) groups is 2. The highest BCUT2D eigenvalue weighted by Gasteiger charge is 2.22. The van der Waals surface area contributed by atoms with Crippen LogP contribution in [0.1, 0.15) is 35.8 Å². The molecule has 0 atom stereocenters. The van der Waals surface area contributed by atoms with Gasteiger partial charge in [0.15, 0.2) is 0 Å². The summed E-state index contributed by atoms with van der Waals surface area (Å²) in [6.07, 6.45) is 2.61. The van der Waals surface area contributed by atoms with Crippen molar-refractivity contribution < 1.29 is 9.59 Å². The zero-order valence-corrected chi connectivity index (χ0v) is 21.7. The Hall–Kier alpha value is -3.04. The van der Waals surface area contributed by atoms with E-state index in [1.807, 2.05) is 55.0 Å². The van der Waals surface area contributed by atoms with Crippen LogP contribution in [0.25, 0.3) is 10.2 Å². The molecule has 0 saturated heterocycles. The highest BCUT2D eigenvalue weighted by Crippen LogP contribution is 2.26. The summed E-state index contributed by atoms with van der Waals surface area (Å²) in [5, 5.41) is 0.651. The van der Waals surface area contributed by atoms with E-state index in [-0.39, 0.29) is 30.3 Å². The van der Waals surface area contributed by atoms with Gasteiger partial charge in [-0.2, -0.15) is 0 Å². The van der Waals surface area contributed by atoms with Crippen molar-refractivity contribution in [1.82, 2.24) is 19.4 Å². The molecule has 0 radical (unpaired) electrons. The molecule has 0 N–H and O–H groups in total. The minimum atomic E-state index is -0.0933. The smallest absolute Gasteiger partial charge is 0.262 e. The second kappa shape index (κ2) is 10.7. The van der Waals surface area contributed by atoms with Crippen molar-refractivity contribution in [1.29, 1.82) is 0 Å². The number of amides is 2. The number of para-hydroxylation sites is 1. The van der Waals surface area contributed by atoms with E-state index in [0.29, 0.717) is 25.0 Å². The standard InChI is InChI=1S/C26H33N5O3S/c1-18-19(2)35-25-24(18)26(34)30(17-27-25)13-10-23(33)29-15-14-28(4)11-7-12-31(20(3)32)22-9-6-5-8-21(22)16-29/h5-6,8-9,17H,7,10-16H2,1-4H3. The highest BCUT2D eigenvalue weighted by molar-refractivity contribution is 7.18. The summed E-state index contributed by atoms with van der Waals surface area (Å²) in [5.41, 5.74) is 2.68. The average Bonchev–Trinajstić information content (AvgIpc) is 3.11. The Kier molecular flexibility index (Phi) is 7.66. The lowest BCUT2D eigenvalue weighted by Crippen LogP contribution is -2.38. The molecule has 2 amide bonds. The van der Waals surface area contributed by atoms with Crippen molar-refractivity contribution >= 4 is 39.1 Å². The Bertz CT molecular complexity index is 1300. The van der Waals surface area contributed by atoms with Gasteiger partial charge in [0.1, 0.15) is 4.83 Å². The van der Waals surface area contributed by atoms with Crippen LogP contribution >= 0.6 is 11.3 Å². The van der Waals surface area contributed by atoms with E-state index in [1.165, 1.54) is 11.3 Å². The van der Waals surface area contributed by atoms with Crippen LogP contribution in [0.2, 0.25) is 0 Å². The van der Waals surface area contributed by atoms with Gasteiger partial charge in [0, 0.05) is 56.6 Å². The molecule has 1 aliphatic rings. The third-order valence-electron chi connectivity index (χ3n) is 6.77. The fourth-order valence-electron chi connectivity index (χ4n) is 4.56. The van der Waals surface area contributed by atoms with Crippen LogP contribution in [0.3, 0.4) is 0 Å². The molecule has 1 aliphatic heterocycles. The van der Waals surface area contributed by atoms with Crippen molar-refractivity contribution in [2.45, 2.75) is 46.7 Å². The molecule has 3 aromatic rings. The minimum Gasteiger partial charge on any atom is -0.337 e. The second-order valence-corrected chi connectivity index (χ2v) is 10.4. The summed E-state index contributed by atoms with van der Waals surface area (Å²) in [6.45, 7) is 9.03. The van der Waals surface area contributed by atoms with Gasteiger partial charge < -0.3 is 14.7 Å². The number of hydrogen-bond donors (Lipinski definition) is 0. The van der Waals surface area contributed by atoms with Crippen molar-refractivity contribution in [3.63, 3.8) is 0 Å². The lowest BCUT2D eigenvalue weighted by molar-refractivity contribution is -0.132. The molecule has 0 unspecified atom stereocenters. The van der Waals surface area contributed by atoms with Gasteiger partial charge in [0.2, 0.25) is 11.8 Å². The molecule has 9 heteroatoms. The van der Waals surface area contributed by atoms with E-state index in [2.05, 4.69) is 9.88 Å². The molecule has 186 valence electrons. The van der Waals surface area contributed by atoms with Gasteiger partial charge >= 0.3 is 0 Å². The van der Waals surface area contributed by atoms with Gasteiger partial charge in [-0.1, -0.05) is 18.2 Å². The number of thiophene rings is 1. The molecule has 0 spiro atoms. The van der Waals surface area contributed by atoms with E-state index in [1.54, 1.807) is 17.8 Å². The SMILES string of the molecule is CC(=O)N1CCCN(C)CCN(C(=O)CCn2cnc3sc(C)c(C)c3c2=O)Cc2ccccc21. The molecule has 0 saturated carbocycles. The fraction of sp³-hybridized carbons (Fsp3) is 0.462. The first-order valence-electron chi connectivity index (χ1n) is 12.0. The van der Waals surface area contributed by atoms with E-state index in [4.69, 9.17) is 0 Å². The molecule has 8 nitrogen and oxygen atoms in total. The third kappa shape index (κ3) is 5.46. The summed E-state index contributed by atoms with van der Waals surface area (Å²) in [5.74, 6) is -0.0227. The van der Waals surface area contributed by atoms with Crippen LogP contribution in [0.5, 0.6) is 0 Å². The van der Waals surface area contributed by atoms with E-state index in [0.717, 1.165) is 46.0 Å². The number of hydrogen-bond acceptors (Lipinski definition) is 6. The monoisotopic (exact) mass is 495 g/mol. The number of anilines is 1. The van der Waals surface area contributed by atoms with E-state index in [9.17, 15) is 14.4 Å². The first kappa shape index (κ1) is 25.1. The summed E-state index contributed by atoms with van der Waals surface area (Å²) < 4.78 is 1.54. The van der Waals surface area contributed by atoms with Gasteiger partial charge in [-0.05, 0) is 51.1 Å². The maximum atomic E-state index is 13.4. The molecule has 3 heterocycles. The number of aryl methyl sites for hydroxylation is 3. The molecule has 1 aromatic carbocycles. The van der Waals surface area contributed by atoms with Crippen molar-refractivity contribution in [3.8, 4) is 0 Å². The Morgan fingerprint density at radius 3 is 2.63 bits per heavy atom. The van der Waals surface area contributed by atoms with E-state index >= 15 is 0 Å². The van der Waals surface area contributed by atoms with Crippen molar-refractivity contribution in [3.05, 3.63) is 57.0 Å². The zero-order chi connectivity index (χ0) is 25.1. The van der Waals surface area contributed by atoms with Crippen LogP contribution < -0.4 is 10.5 Å². The van der Waals surface area contributed by atoms with Gasteiger partial charge in [-0.15, -0.1) is 11.3 Å². The largest absolute Gasteiger partial charge is 0.337 e. The maximum absolute atomic E-state index is 13.4. The first-order chi connectivity index (χ1) is 16.8. The Morgan fingerprint density at radius 2 is 1.86 bits per heavy atom. The lowest BCUT2D eigenvalue weighted by atomic mass is 10.1. The molecule has 35 heavy (non-hydrogen) atoms. The summed E-state index contributed by atoms with van der Waals surface area (Å²) >= 11 is 1.52. The van der Waals surface area contributed by atoms with Crippen LogP contribution in [0.15, 0.2) is 35.4 Å². The molecule has 2 aromatic heterocycles. The summed E-state index contributed by atoms with van der Waals surface area (Å²) in [7, 11) is 2.04. The topological polar surface area (TPSA) is 78.8 Å². The summed E-state index contributed by atoms with van der Waals surface area (Å²) in [6, 6.07) is 7.80. The molecule has 0 aliphatic carbocycles. The average molecular weight is 496 g/mol. The van der Waals surface area contributed by atoms with Gasteiger partial charge in [-0.3, -0.25) is 19.0 Å². The van der Waals surface area contributed by atoms with Crippen LogP contribution in [0.4, 0.5) is 5.69 Å². The maximum Gasteiger partial charge on any atom is 0.262 e. The molecular formula is C26H33N5O3S. The molecule has 4 rings (SSSR count). The minimum absolute atomic E-state index is 0.00143. The normalized spacial score (nSPS) is 15.7. The zero-order valence-electron chi connectivity index (χ0n) is 20.9.